The molecule has 1 aliphatic rings. The van der Waals surface area contributed by atoms with Crippen LogP contribution in [0.1, 0.15) is 19.8 Å². The standard InChI is InChI=1S/C13H22N4OS/c1-13(4-6-18-7-5-13)9-15-11-8-10(14-2)16-12(17-11)19-3/h8H,4-7,9H2,1-3H3,(H2,14,15,16,17). The Kier molecular flexibility index (Phi) is 4.87. The third-order valence-corrected chi connectivity index (χ3v) is 4.09. The van der Waals surface area contributed by atoms with E-state index in [1.165, 1.54) is 0 Å². The second kappa shape index (κ2) is 6.43. The van der Waals surface area contributed by atoms with Gasteiger partial charge in [-0.3, -0.25) is 0 Å². The van der Waals surface area contributed by atoms with E-state index < -0.39 is 0 Å². The number of nitrogens with zero attached hydrogens (tertiary/aromatic N) is 2. The monoisotopic (exact) mass is 282 g/mol. The van der Waals surface area contributed by atoms with Gasteiger partial charge in [-0.15, -0.1) is 0 Å². The number of ether oxygens (including phenoxy) is 1. The summed E-state index contributed by atoms with van der Waals surface area (Å²) in [4.78, 5) is 8.85. The molecule has 0 amide bonds. The van der Waals surface area contributed by atoms with Gasteiger partial charge in [0.15, 0.2) is 5.16 Å². The van der Waals surface area contributed by atoms with Crippen LogP contribution < -0.4 is 10.6 Å². The number of nitrogens with one attached hydrogen (secondary N) is 2. The molecule has 1 saturated heterocycles. The van der Waals surface area contributed by atoms with Crippen molar-refractivity contribution < 1.29 is 4.74 Å². The molecule has 0 bridgehead atoms. The molecule has 2 N–H and O–H groups in total. The summed E-state index contributed by atoms with van der Waals surface area (Å²) in [6.07, 6.45) is 4.18. The molecule has 0 saturated carbocycles. The fraction of sp³-hybridized carbons (Fsp3) is 0.692. The summed E-state index contributed by atoms with van der Waals surface area (Å²) in [6, 6.07) is 1.95. The lowest BCUT2D eigenvalue weighted by Crippen LogP contribution is -2.33. The predicted octanol–water partition coefficient (Wildman–Crippen LogP) is 2.47. The van der Waals surface area contributed by atoms with Crippen molar-refractivity contribution in [2.45, 2.75) is 24.9 Å². The molecule has 19 heavy (non-hydrogen) atoms. The van der Waals surface area contributed by atoms with Crippen LogP contribution in [0.15, 0.2) is 11.2 Å². The van der Waals surface area contributed by atoms with Gasteiger partial charge in [-0.05, 0) is 24.5 Å². The van der Waals surface area contributed by atoms with Gasteiger partial charge in [0, 0.05) is 32.9 Å². The largest absolute Gasteiger partial charge is 0.381 e. The Morgan fingerprint density at radius 1 is 1.32 bits per heavy atom. The Morgan fingerprint density at radius 3 is 2.63 bits per heavy atom. The number of aromatic nitrogens is 2. The van der Waals surface area contributed by atoms with Crippen LogP contribution in [0, 0.1) is 5.41 Å². The second-order valence-corrected chi connectivity index (χ2v) is 5.93. The van der Waals surface area contributed by atoms with Crippen molar-refractivity contribution in [3.63, 3.8) is 0 Å². The molecular weight excluding hydrogens is 260 g/mol. The maximum atomic E-state index is 5.42. The molecule has 2 rings (SSSR count). The van der Waals surface area contributed by atoms with Gasteiger partial charge < -0.3 is 15.4 Å². The molecule has 106 valence electrons. The lowest BCUT2D eigenvalue weighted by atomic mass is 9.82. The first-order valence-electron chi connectivity index (χ1n) is 6.58. The molecule has 1 aliphatic heterocycles. The highest BCUT2D eigenvalue weighted by Gasteiger charge is 2.27. The molecule has 0 aromatic carbocycles. The van der Waals surface area contributed by atoms with Crippen LogP contribution in [-0.4, -0.2) is 43.0 Å². The molecule has 1 fully saturated rings. The van der Waals surface area contributed by atoms with Gasteiger partial charge in [-0.1, -0.05) is 18.7 Å². The highest BCUT2D eigenvalue weighted by atomic mass is 32.2. The number of hydrogen-bond donors (Lipinski definition) is 2. The average Bonchev–Trinajstić information content (AvgIpc) is 2.45. The van der Waals surface area contributed by atoms with E-state index in [-0.39, 0.29) is 0 Å². The molecule has 2 heterocycles. The van der Waals surface area contributed by atoms with E-state index in [2.05, 4.69) is 27.5 Å². The minimum atomic E-state index is 0.294. The van der Waals surface area contributed by atoms with Gasteiger partial charge in [0.2, 0.25) is 0 Å². The summed E-state index contributed by atoms with van der Waals surface area (Å²) in [5.41, 5.74) is 0.294. The normalized spacial score (nSPS) is 18.1. The molecular formula is C13H22N4OS. The molecule has 6 heteroatoms. The quantitative estimate of drug-likeness (QED) is 0.639. The van der Waals surface area contributed by atoms with Crippen molar-refractivity contribution in [3.05, 3.63) is 6.07 Å². The number of hydrogen-bond acceptors (Lipinski definition) is 6. The zero-order valence-electron chi connectivity index (χ0n) is 11.8. The van der Waals surface area contributed by atoms with Gasteiger partial charge in [0.05, 0.1) is 0 Å². The third-order valence-electron chi connectivity index (χ3n) is 3.54. The topological polar surface area (TPSA) is 59.1 Å². The Balaban J connectivity index is 2.02. The molecule has 1 aromatic rings. The fourth-order valence-electron chi connectivity index (χ4n) is 2.08. The summed E-state index contributed by atoms with van der Waals surface area (Å²) in [5.74, 6) is 1.73. The third kappa shape index (κ3) is 3.98. The molecule has 1 aromatic heterocycles. The first-order valence-corrected chi connectivity index (χ1v) is 7.80. The van der Waals surface area contributed by atoms with Gasteiger partial charge in [0.1, 0.15) is 11.6 Å². The first-order chi connectivity index (χ1) is 9.15. The molecule has 5 nitrogen and oxygen atoms in total. The van der Waals surface area contributed by atoms with Crippen LogP contribution in [0.4, 0.5) is 11.6 Å². The van der Waals surface area contributed by atoms with Crippen LogP contribution >= 0.6 is 11.8 Å². The van der Waals surface area contributed by atoms with E-state index in [1.807, 2.05) is 19.4 Å². The summed E-state index contributed by atoms with van der Waals surface area (Å²) in [6.45, 7) is 4.95. The highest BCUT2D eigenvalue weighted by molar-refractivity contribution is 7.98. The minimum Gasteiger partial charge on any atom is -0.381 e. The summed E-state index contributed by atoms with van der Waals surface area (Å²) in [5, 5.41) is 7.29. The van der Waals surface area contributed by atoms with Gasteiger partial charge in [-0.25, -0.2) is 9.97 Å². The summed E-state index contributed by atoms with van der Waals surface area (Å²) in [7, 11) is 1.87. The van der Waals surface area contributed by atoms with E-state index in [0.29, 0.717) is 5.41 Å². The van der Waals surface area contributed by atoms with Crippen molar-refractivity contribution in [2.75, 3.05) is 43.7 Å². The Labute approximate surface area is 118 Å². The van der Waals surface area contributed by atoms with Crippen molar-refractivity contribution >= 4 is 23.4 Å². The smallest absolute Gasteiger partial charge is 0.191 e. The highest BCUT2D eigenvalue weighted by Crippen LogP contribution is 2.30. The molecule has 0 spiro atoms. The zero-order valence-corrected chi connectivity index (χ0v) is 12.6. The molecule has 0 aliphatic carbocycles. The fourth-order valence-corrected chi connectivity index (χ4v) is 2.46. The predicted molar refractivity (Wildman–Crippen MR) is 80.0 cm³/mol. The Morgan fingerprint density at radius 2 is 2.00 bits per heavy atom. The van der Waals surface area contributed by atoms with Gasteiger partial charge in [0.25, 0.3) is 0 Å². The van der Waals surface area contributed by atoms with E-state index in [0.717, 1.165) is 49.4 Å². The van der Waals surface area contributed by atoms with Crippen molar-refractivity contribution in [1.29, 1.82) is 0 Å². The molecule has 0 radical (unpaired) electrons. The van der Waals surface area contributed by atoms with E-state index in [9.17, 15) is 0 Å². The number of anilines is 2. The maximum Gasteiger partial charge on any atom is 0.191 e. The lowest BCUT2D eigenvalue weighted by Gasteiger charge is -2.33. The second-order valence-electron chi connectivity index (χ2n) is 5.15. The number of rotatable bonds is 5. The minimum absolute atomic E-state index is 0.294. The van der Waals surface area contributed by atoms with Gasteiger partial charge in [-0.2, -0.15) is 0 Å². The first kappa shape index (κ1) is 14.4. The lowest BCUT2D eigenvalue weighted by molar-refractivity contribution is 0.0299. The average molecular weight is 282 g/mol. The van der Waals surface area contributed by atoms with Crippen molar-refractivity contribution in [2.24, 2.45) is 5.41 Å². The van der Waals surface area contributed by atoms with Crippen LogP contribution in [0.5, 0.6) is 0 Å². The van der Waals surface area contributed by atoms with E-state index in [4.69, 9.17) is 4.74 Å². The number of thioether (sulfide) groups is 1. The van der Waals surface area contributed by atoms with Crippen LogP contribution in [0.25, 0.3) is 0 Å². The summed E-state index contributed by atoms with van der Waals surface area (Å²) >= 11 is 1.55. The van der Waals surface area contributed by atoms with E-state index in [1.54, 1.807) is 11.8 Å². The molecule has 0 atom stereocenters. The zero-order chi connectivity index (χ0) is 13.7. The Hall–Kier alpha value is -1.01. The van der Waals surface area contributed by atoms with Crippen molar-refractivity contribution in [3.8, 4) is 0 Å². The Bertz CT molecular complexity index is 399. The van der Waals surface area contributed by atoms with Crippen LogP contribution in [0.2, 0.25) is 0 Å². The van der Waals surface area contributed by atoms with Crippen LogP contribution in [-0.2, 0) is 4.74 Å². The van der Waals surface area contributed by atoms with Crippen molar-refractivity contribution in [1.82, 2.24) is 9.97 Å². The van der Waals surface area contributed by atoms with Crippen LogP contribution in [0.3, 0.4) is 0 Å². The molecule has 0 unspecified atom stereocenters. The van der Waals surface area contributed by atoms with E-state index >= 15 is 0 Å². The summed E-state index contributed by atoms with van der Waals surface area (Å²) < 4.78 is 5.42. The SMILES string of the molecule is CNc1cc(NCC2(C)CCOCC2)nc(SC)n1. The maximum absolute atomic E-state index is 5.42. The van der Waals surface area contributed by atoms with Gasteiger partial charge >= 0.3 is 0 Å².